The summed E-state index contributed by atoms with van der Waals surface area (Å²) in [6.45, 7) is 16.1. The molecule has 2 fully saturated rings. The zero-order valence-corrected chi connectivity index (χ0v) is 38.4. The van der Waals surface area contributed by atoms with E-state index in [1.807, 2.05) is 42.5 Å². The van der Waals surface area contributed by atoms with Crippen molar-refractivity contribution in [2.45, 2.75) is 72.1 Å². The molecule has 10 rings (SSSR count). The highest BCUT2D eigenvalue weighted by Crippen LogP contribution is 2.38. The number of nitrogens with two attached hydrogens (primary N) is 2. The second-order valence-corrected chi connectivity index (χ2v) is 17.7. The van der Waals surface area contributed by atoms with E-state index in [-0.39, 0.29) is 12.1 Å². The number of nitrogen functional groups attached to an aromatic ring is 2. The van der Waals surface area contributed by atoms with Crippen molar-refractivity contribution in [2.24, 2.45) is 0 Å². The van der Waals surface area contributed by atoms with E-state index >= 15 is 0 Å². The molecule has 2 aliphatic rings. The molecular weight excluding hydrogens is 825 g/mol. The average molecular weight is 885 g/mol. The molecule has 0 radical (unpaired) electrons. The van der Waals surface area contributed by atoms with Crippen molar-refractivity contribution >= 4 is 33.7 Å². The van der Waals surface area contributed by atoms with E-state index in [1.165, 1.54) is 56.1 Å². The fourth-order valence-electron chi connectivity index (χ4n) is 8.93. The Bertz CT molecular complexity index is 2680. The number of morpholine rings is 1. The average Bonchev–Trinajstić information content (AvgIpc) is 3.94. The Kier molecular flexibility index (Phi) is 13.6. The third kappa shape index (κ3) is 9.88. The monoisotopic (exact) mass is 884 g/mol. The van der Waals surface area contributed by atoms with Gasteiger partial charge in [0.1, 0.15) is 58.6 Å². The van der Waals surface area contributed by atoms with E-state index in [1.54, 1.807) is 0 Å². The Labute approximate surface area is 387 Å². The largest absolute Gasteiger partial charge is 0.457 e. The third-order valence-electron chi connectivity index (χ3n) is 12.5. The lowest BCUT2D eigenvalue weighted by Crippen LogP contribution is -2.35. The molecule has 2 aliphatic heterocycles. The molecule has 13 nitrogen and oxygen atoms in total. The second-order valence-electron chi connectivity index (χ2n) is 17.7. The zero-order valence-electron chi connectivity index (χ0n) is 38.4. The maximum Gasteiger partial charge on any atom is 0.146 e. The van der Waals surface area contributed by atoms with Crippen LogP contribution in [0.15, 0.2) is 122 Å². The minimum absolute atomic E-state index is 0.265. The summed E-state index contributed by atoms with van der Waals surface area (Å²) in [4.78, 5) is 22.3. The van der Waals surface area contributed by atoms with Gasteiger partial charge >= 0.3 is 0 Å². The number of ether oxygens (including phenoxy) is 3. The quantitative estimate of drug-likeness (QED) is 0.121. The van der Waals surface area contributed by atoms with Gasteiger partial charge < -0.3 is 34.8 Å². The maximum absolute atomic E-state index is 6.32. The van der Waals surface area contributed by atoms with Crippen LogP contribution in [0.5, 0.6) is 23.0 Å². The van der Waals surface area contributed by atoms with Crippen LogP contribution >= 0.6 is 0 Å². The highest BCUT2D eigenvalue weighted by atomic mass is 16.5. The summed E-state index contributed by atoms with van der Waals surface area (Å²) in [5.74, 6) is 4.41. The van der Waals surface area contributed by atoms with Crippen LogP contribution < -0.4 is 20.9 Å². The van der Waals surface area contributed by atoms with Crippen molar-refractivity contribution in [1.29, 1.82) is 0 Å². The molecule has 8 aromatic rings. The van der Waals surface area contributed by atoms with Crippen LogP contribution in [0.1, 0.15) is 70.2 Å². The Balaban J connectivity index is 0.000000166. The van der Waals surface area contributed by atoms with Crippen LogP contribution in [0.2, 0.25) is 0 Å². The first-order chi connectivity index (χ1) is 32.2. The van der Waals surface area contributed by atoms with Gasteiger partial charge in [0.15, 0.2) is 0 Å². The predicted molar refractivity (Wildman–Crippen MR) is 264 cm³/mol. The van der Waals surface area contributed by atoms with E-state index in [4.69, 9.17) is 25.7 Å². The molecule has 0 saturated carbocycles. The SMILES string of the molecule is CC(C)n1cc(-c2ccc(Oc3ccccc3CN3CCCCC3)cc2)c2c(N)ncnc21.CC(C)n1cc(-c2ccc(Oc3ccccc3CN3CCOCC3)cc2)c2c(N)ncnc21. The summed E-state index contributed by atoms with van der Waals surface area (Å²) < 4.78 is 22.3. The van der Waals surface area contributed by atoms with Crippen LogP contribution in [-0.2, 0) is 17.8 Å². The molecule has 2 saturated heterocycles. The number of likely N-dealkylation sites (tertiary alicyclic amines) is 1. The number of benzene rings is 4. The Morgan fingerprint density at radius 1 is 0.530 bits per heavy atom. The van der Waals surface area contributed by atoms with Gasteiger partial charge in [-0.3, -0.25) is 9.80 Å². The zero-order chi connectivity index (χ0) is 45.6. The lowest BCUT2D eigenvalue weighted by molar-refractivity contribution is 0.0339. The molecule has 0 unspecified atom stereocenters. The summed E-state index contributed by atoms with van der Waals surface area (Å²) in [6, 6.07) is 33.4. The minimum Gasteiger partial charge on any atom is -0.457 e. The van der Waals surface area contributed by atoms with Crippen LogP contribution in [0.3, 0.4) is 0 Å². The lowest BCUT2D eigenvalue weighted by atomic mass is 10.1. The number of aromatic nitrogens is 6. The van der Waals surface area contributed by atoms with E-state index in [2.05, 4.69) is 134 Å². The topological polar surface area (TPSA) is 148 Å². The number of fused-ring (bicyclic) bond motifs is 2. The van der Waals surface area contributed by atoms with Crippen LogP contribution in [-0.4, -0.2) is 78.3 Å². The number of nitrogens with zero attached hydrogens (tertiary/aromatic N) is 8. The third-order valence-corrected chi connectivity index (χ3v) is 12.5. The van der Waals surface area contributed by atoms with E-state index < -0.39 is 0 Å². The van der Waals surface area contributed by atoms with E-state index in [9.17, 15) is 0 Å². The summed E-state index contributed by atoms with van der Waals surface area (Å²) in [7, 11) is 0. The van der Waals surface area contributed by atoms with Crippen molar-refractivity contribution in [3.63, 3.8) is 0 Å². The van der Waals surface area contributed by atoms with Gasteiger partial charge in [-0.15, -0.1) is 0 Å². The first-order valence-electron chi connectivity index (χ1n) is 23.2. The van der Waals surface area contributed by atoms with Crippen molar-refractivity contribution in [1.82, 2.24) is 38.9 Å². The summed E-state index contributed by atoms with van der Waals surface area (Å²) in [6.07, 6.45) is 11.2. The fraction of sp³-hybridized carbons (Fsp3) is 0.321. The van der Waals surface area contributed by atoms with Crippen molar-refractivity contribution in [2.75, 3.05) is 50.9 Å². The van der Waals surface area contributed by atoms with Gasteiger partial charge in [-0.1, -0.05) is 67.1 Å². The molecule has 0 atom stereocenters. The molecule has 66 heavy (non-hydrogen) atoms. The molecule has 6 heterocycles. The van der Waals surface area contributed by atoms with Gasteiger partial charge in [0.05, 0.1) is 24.0 Å². The van der Waals surface area contributed by atoms with Crippen LogP contribution in [0.25, 0.3) is 44.3 Å². The Hall–Kier alpha value is -6.80. The molecule has 4 aromatic carbocycles. The standard InChI is InChI=1S/C27H31N5O.C26H29N5O2/c1-19(2)32-17-23(25-26(28)29-18-30-27(25)32)20-10-12-22(13-11-20)33-24-9-5-4-8-21(24)16-31-14-6-3-7-15-31;1-18(2)31-16-22(24-25(27)28-17-29-26(24)31)19-7-9-21(10-8-19)33-23-6-4-3-5-20(23)15-30-11-13-32-14-12-30/h4-5,8-13,17-19H,3,6-7,14-16H2,1-2H3,(H2,28,29,30);3-10,16-18H,11-15H2,1-2H3,(H2,27,28,29). The Morgan fingerprint density at radius 3 is 1.39 bits per heavy atom. The minimum atomic E-state index is 0.265. The molecule has 0 aliphatic carbocycles. The molecule has 13 heteroatoms. The first-order valence-corrected chi connectivity index (χ1v) is 23.2. The van der Waals surface area contributed by atoms with Gasteiger partial charge in [-0.2, -0.15) is 0 Å². The van der Waals surface area contributed by atoms with Gasteiger partial charge in [-0.05, 0) is 101 Å². The molecule has 4 aromatic heterocycles. The number of para-hydroxylation sites is 2. The highest BCUT2D eigenvalue weighted by Gasteiger charge is 2.20. The maximum atomic E-state index is 6.32. The molecule has 4 N–H and O–H groups in total. The number of hydrogen-bond donors (Lipinski definition) is 2. The van der Waals surface area contributed by atoms with Gasteiger partial charge in [-0.25, -0.2) is 19.9 Å². The van der Waals surface area contributed by atoms with E-state index in [0.29, 0.717) is 11.6 Å². The Morgan fingerprint density at radius 2 is 0.955 bits per heavy atom. The molecule has 0 amide bonds. The van der Waals surface area contributed by atoms with Crippen LogP contribution in [0.4, 0.5) is 11.6 Å². The smallest absolute Gasteiger partial charge is 0.146 e. The van der Waals surface area contributed by atoms with E-state index in [0.717, 1.165) is 107 Å². The highest BCUT2D eigenvalue weighted by molar-refractivity contribution is 6.01. The van der Waals surface area contributed by atoms with Crippen molar-refractivity contribution in [3.05, 3.63) is 133 Å². The number of hydrogen-bond acceptors (Lipinski definition) is 11. The number of piperidine rings is 1. The van der Waals surface area contributed by atoms with Crippen molar-refractivity contribution in [3.8, 4) is 45.3 Å². The van der Waals surface area contributed by atoms with Gasteiger partial charge in [0.2, 0.25) is 0 Å². The fourth-order valence-corrected chi connectivity index (χ4v) is 8.93. The predicted octanol–water partition coefficient (Wildman–Crippen LogP) is 10.9. The normalized spacial score (nSPS) is 14.8. The molecule has 0 bridgehead atoms. The van der Waals surface area contributed by atoms with Crippen LogP contribution in [0, 0.1) is 0 Å². The van der Waals surface area contributed by atoms with Gasteiger partial charge in [0.25, 0.3) is 0 Å². The summed E-state index contributed by atoms with van der Waals surface area (Å²) in [5.41, 5.74) is 20.8. The summed E-state index contributed by atoms with van der Waals surface area (Å²) >= 11 is 0. The second kappa shape index (κ2) is 20.2. The van der Waals surface area contributed by atoms with Crippen molar-refractivity contribution < 1.29 is 14.2 Å². The van der Waals surface area contributed by atoms with Gasteiger partial charge in [0, 0.05) is 72.9 Å². The first kappa shape index (κ1) is 44.4. The lowest BCUT2D eigenvalue weighted by Gasteiger charge is -2.27. The number of rotatable bonds is 12. The molecule has 0 spiro atoms. The molecule has 340 valence electrons. The number of anilines is 2. The molecular formula is C53H60N10O3. The summed E-state index contributed by atoms with van der Waals surface area (Å²) in [5, 5.41) is 1.78.